The molecule has 1 unspecified atom stereocenters. The second kappa shape index (κ2) is 9.92. The molecule has 1 aliphatic heterocycles. The van der Waals surface area contributed by atoms with E-state index < -0.39 is 0 Å². The zero-order valence-corrected chi connectivity index (χ0v) is 15.5. The predicted octanol–water partition coefficient (Wildman–Crippen LogP) is 4.04. The Balaban J connectivity index is 1.34. The van der Waals surface area contributed by atoms with Crippen molar-refractivity contribution in [2.45, 2.75) is 49.9 Å². The van der Waals surface area contributed by atoms with Crippen molar-refractivity contribution in [1.82, 2.24) is 5.32 Å². The first kappa shape index (κ1) is 18.4. The van der Waals surface area contributed by atoms with E-state index in [0.29, 0.717) is 13.2 Å². The number of carbonyl (C=O) groups excluding carboxylic acids is 1. The fraction of sp³-hybridized carbons (Fsp3) is 0.632. The lowest BCUT2D eigenvalue weighted by Crippen LogP contribution is -2.30. The summed E-state index contributed by atoms with van der Waals surface area (Å²) in [5.41, 5.74) is 0.741. The Kier molecular flexibility index (Phi) is 7.30. The lowest BCUT2D eigenvalue weighted by Gasteiger charge is -2.13. The smallest absolute Gasteiger partial charge is 0.319 e. The summed E-state index contributed by atoms with van der Waals surface area (Å²) < 4.78 is 11.3. The fourth-order valence-corrected chi connectivity index (χ4v) is 4.47. The van der Waals surface area contributed by atoms with Crippen LogP contribution < -0.4 is 15.4 Å². The Hall–Kier alpha value is -1.40. The first-order valence-corrected chi connectivity index (χ1v) is 10.4. The number of thioether (sulfide) groups is 1. The largest absolute Gasteiger partial charge is 0.491 e. The monoisotopic (exact) mass is 364 g/mol. The maximum Gasteiger partial charge on any atom is 0.319 e. The third-order valence-corrected chi connectivity index (χ3v) is 5.98. The molecule has 2 fully saturated rings. The number of hydrogen-bond donors (Lipinski definition) is 2. The van der Waals surface area contributed by atoms with Gasteiger partial charge < -0.3 is 20.1 Å². The molecule has 0 spiro atoms. The van der Waals surface area contributed by atoms with Crippen molar-refractivity contribution in [2.75, 3.05) is 30.8 Å². The van der Waals surface area contributed by atoms with E-state index in [-0.39, 0.29) is 12.1 Å². The molecule has 5 nitrogen and oxygen atoms in total. The van der Waals surface area contributed by atoms with Crippen molar-refractivity contribution >= 4 is 23.5 Å². The van der Waals surface area contributed by atoms with Gasteiger partial charge in [0.05, 0.1) is 6.10 Å². The number of anilines is 1. The molecule has 3 rings (SSSR count). The minimum Gasteiger partial charge on any atom is -0.491 e. The van der Waals surface area contributed by atoms with Crippen molar-refractivity contribution in [3.8, 4) is 5.75 Å². The van der Waals surface area contributed by atoms with Crippen LogP contribution in [0.3, 0.4) is 0 Å². The second-order valence-electron chi connectivity index (χ2n) is 6.63. The third kappa shape index (κ3) is 6.44. The number of rotatable bonds is 8. The van der Waals surface area contributed by atoms with Gasteiger partial charge in [-0.2, -0.15) is 11.8 Å². The summed E-state index contributed by atoms with van der Waals surface area (Å²) in [6.45, 7) is 2.09. The van der Waals surface area contributed by atoms with Crippen LogP contribution in [0.5, 0.6) is 5.75 Å². The molecule has 1 atom stereocenters. The Morgan fingerprint density at radius 3 is 2.92 bits per heavy atom. The molecule has 2 amide bonds. The molecule has 1 aliphatic carbocycles. The molecular formula is C19H28N2O3S. The van der Waals surface area contributed by atoms with Crippen LogP contribution in [0.15, 0.2) is 24.3 Å². The highest BCUT2D eigenvalue weighted by Gasteiger charge is 2.16. The zero-order valence-electron chi connectivity index (χ0n) is 14.7. The molecule has 1 aromatic rings. The SMILES string of the molecule is O=C(NCCSC1CCCC1)Nc1cccc(OCC2CCCO2)c1. The van der Waals surface area contributed by atoms with E-state index in [4.69, 9.17) is 9.47 Å². The van der Waals surface area contributed by atoms with Crippen molar-refractivity contribution in [3.05, 3.63) is 24.3 Å². The van der Waals surface area contributed by atoms with Crippen LogP contribution in [0.2, 0.25) is 0 Å². The number of hydrogen-bond acceptors (Lipinski definition) is 4. The maximum atomic E-state index is 12.0. The van der Waals surface area contributed by atoms with Crippen LogP contribution in [-0.4, -0.2) is 42.9 Å². The van der Waals surface area contributed by atoms with Crippen LogP contribution in [0.4, 0.5) is 10.5 Å². The summed E-state index contributed by atoms with van der Waals surface area (Å²) in [6, 6.07) is 7.34. The minimum atomic E-state index is -0.164. The van der Waals surface area contributed by atoms with E-state index in [1.54, 1.807) is 0 Å². The van der Waals surface area contributed by atoms with Crippen molar-refractivity contribution in [2.24, 2.45) is 0 Å². The van der Waals surface area contributed by atoms with Gasteiger partial charge in [-0.25, -0.2) is 4.79 Å². The summed E-state index contributed by atoms with van der Waals surface area (Å²) in [4.78, 5) is 12.0. The van der Waals surface area contributed by atoms with Crippen LogP contribution in [0.25, 0.3) is 0 Å². The van der Waals surface area contributed by atoms with Gasteiger partial charge in [0, 0.05) is 35.9 Å². The number of carbonyl (C=O) groups is 1. The lowest BCUT2D eigenvalue weighted by atomic mass is 10.2. The first-order valence-electron chi connectivity index (χ1n) is 9.30. The van der Waals surface area contributed by atoms with E-state index >= 15 is 0 Å². The van der Waals surface area contributed by atoms with Gasteiger partial charge in [-0.15, -0.1) is 0 Å². The number of urea groups is 1. The zero-order chi connectivity index (χ0) is 17.3. The lowest BCUT2D eigenvalue weighted by molar-refractivity contribution is 0.0680. The van der Waals surface area contributed by atoms with Gasteiger partial charge in [-0.1, -0.05) is 18.9 Å². The van der Waals surface area contributed by atoms with Crippen LogP contribution in [0, 0.1) is 0 Å². The number of ether oxygens (including phenoxy) is 2. The average Bonchev–Trinajstić information content (AvgIpc) is 3.31. The van der Waals surface area contributed by atoms with Gasteiger partial charge in [0.2, 0.25) is 0 Å². The molecule has 6 heteroatoms. The summed E-state index contributed by atoms with van der Waals surface area (Å²) in [5.74, 6) is 1.73. The minimum absolute atomic E-state index is 0.164. The quantitative estimate of drug-likeness (QED) is 0.684. The molecule has 138 valence electrons. The predicted molar refractivity (Wildman–Crippen MR) is 103 cm³/mol. The standard InChI is InChI=1S/C19H28N2O3S/c22-19(20-10-12-25-18-8-1-2-9-18)21-15-5-3-6-16(13-15)24-14-17-7-4-11-23-17/h3,5-6,13,17-18H,1-2,4,7-12,14H2,(H2,20,21,22). The molecule has 2 aliphatic rings. The van der Waals surface area contributed by atoms with Gasteiger partial charge in [0.15, 0.2) is 0 Å². The molecular weight excluding hydrogens is 336 g/mol. The molecule has 0 aromatic heterocycles. The Morgan fingerprint density at radius 1 is 1.24 bits per heavy atom. The molecule has 1 aromatic carbocycles. The molecule has 1 saturated heterocycles. The summed E-state index contributed by atoms with van der Waals surface area (Å²) in [6.07, 6.45) is 7.73. The molecule has 1 heterocycles. The van der Waals surface area contributed by atoms with Crippen molar-refractivity contribution < 1.29 is 14.3 Å². The van der Waals surface area contributed by atoms with Crippen molar-refractivity contribution in [3.63, 3.8) is 0 Å². The van der Waals surface area contributed by atoms with Gasteiger partial charge in [-0.05, 0) is 37.8 Å². The van der Waals surface area contributed by atoms with E-state index in [2.05, 4.69) is 10.6 Å². The van der Waals surface area contributed by atoms with Gasteiger partial charge in [-0.3, -0.25) is 0 Å². The van der Waals surface area contributed by atoms with Crippen LogP contribution in [0.1, 0.15) is 38.5 Å². The number of nitrogens with one attached hydrogen (secondary N) is 2. The maximum absolute atomic E-state index is 12.0. The van der Waals surface area contributed by atoms with Gasteiger partial charge in [0.1, 0.15) is 12.4 Å². The van der Waals surface area contributed by atoms with Crippen LogP contribution in [-0.2, 0) is 4.74 Å². The van der Waals surface area contributed by atoms with Gasteiger partial charge in [0.25, 0.3) is 0 Å². The normalized spacial score (nSPS) is 20.6. The molecule has 25 heavy (non-hydrogen) atoms. The van der Waals surface area contributed by atoms with E-state index in [1.807, 2.05) is 36.0 Å². The Morgan fingerprint density at radius 2 is 2.12 bits per heavy atom. The van der Waals surface area contributed by atoms with Gasteiger partial charge >= 0.3 is 6.03 Å². The van der Waals surface area contributed by atoms with Crippen LogP contribution >= 0.6 is 11.8 Å². The Bertz CT molecular complexity index is 543. The number of benzene rings is 1. The summed E-state index contributed by atoms with van der Waals surface area (Å²) in [7, 11) is 0. The highest BCUT2D eigenvalue weighted by atomic mass is 32.2. The van der Waals surface area contributed by atoms with E-state index in [0.717, 1.165) is 41.9 Å². The average molecular weight is 365 g/mol. The molecule has 0 radical (unpaired) electrons. The topological polar surface area (TPSA) is 59.6 Å². The summed E-state index contributed by atoms with van der Waals surface area (Å²) in [5, 5.41) is 6.58. The highest BCUT2D eigenvalue weighted by Crippen LogP contribution is 2.28. The second-order valence-corrected chi connectivity index (χ2v) is 8.04. The molecule has 0 bridgehead atoms. The highest BCUT2D eigenvalue weighted by molar-refractivity contribution is 7.99. The molecule has 1 saturated carbocycles. The third-order valence-electron chi connectivity index (χ3n) is 4.60. The van der Waals surface area contributed by atoms with Crippen molar-refractivity contribution in [1.29, 1.82) is 0 Å². The Labute approximate surface area is 154 Å². The molecule has 2 N–H and O–H groups in total. The van der Waals surface area contributed by atoms with E-state index in [1.165, 1.54) is 25.7 Å². The summed E-state index contributed by atoms with van der Waals surface area (Å²) >= 11 is 1.98. The number of amides is 2. The first-order chi connectivity index (χ1) is 12.3. The van der Waals surface area contributed by atoms with E-state index in [9.17, 15) is 4.79 Å². The fourth-order valence-electron chi connectivity index (χ4n) is 3.25.